The molecule has 1 aliphatic rings. The van der Waals surface area contributed by atoms with Crippen LogP contribution in [0.2, 0.25) is 0 Å². The summed E-state index contributed by atoms with van der Waals surface area (Å²) in [5, 5.41) is 13.2. The number of hydrogen-bond acceptors (Lipinski definition) is 9. The number of carbonyl (C=O) groups excluding carboxylic acids is 2. The molecule has 1 aliphatic heterocycles. The normalized spacial score (nSPS) is 19.1. The molecule has 2 rings (SSSR count). The SMILES string of the molecule is COCOC(=O)[C@H]1NC=C(N=Cc2ccc([N+](=O)[O-])cc2)C(=O)SC1(C)C. The van der Waals surface area contributed by atoms with Gasteiger partial charge in [-0.1, -0.05) is 11.8 Å². The fraction of sp³-hybridized carbons (Fsp3) is 0.353. The third-order valence-electron chi connectivity index (χ3n) is 3.66. The van der Waals surface area contributed by atoms with Crippen LogP contribution in [-0.4, -0.2) is 46.9 Å². The van der Waals surface area contributed by atoms with Crippen LogP contribution in [0.3, 0.4) is 0 Å². The molecule has 0 amide bonds. The highest BCUT2D eigenvalue weighted by molar-refractivity contribution is 8.15. The van der Waals surface area contributed by atoms with E-state index in [0.717, 1.165) is 11.8 Å². The molecule has 1 aromatic carbocycles. The molecule has 0 spiro atoms. The third kappa shape index (κ3) is 5.38. The first kappa shape index (κ1) is 20.6. The summed E-state index contributed by atoms with van der Waals surface area (Å²) in [6, 6.07) is 4.98. The summed E-state index contributed by atoms with van der Waals surface area (Å²) in [5.74, 6) is -0.543. The van der Waals surface area contributed by atoms with Crippen LogP contribution in [0.4, 0.5) is 5.69 Å². The number of methoxy groups -OCH3 is 1. The number of non-ortho nitro benzene ring substituents is 1. The number of nitro groups is 1. The quantitative estimate of drug-likeness (QED) is 0.256. The predicted molar refractivity (Wildman–Crippen MR) is 100 cm³/mol. The maximum absolute atomic E-state index is 12.5. The Balaban J connectivity index is 2.17. The lowest BCUT2D eigenvalue weighted by atomic mass is 10.0. The van der Waals surface area contributed by atoms with Gasteiger partial charge in [0.2, 0.25) is 5.12 Å². The molecule has 1 aromatic rings. The van der Waals surface area contributed by atoms with Crippen molar-refractivity contribution in [3.63, 3.8) is 0 Å². The van der Waals surface area contributed by atoms with Crippen molar-refractivity contribution in [1.82, 2.24) is 5.32 Å². The van der Waals surface area contributed by atoms with Crippen molar-refractivity contribution >= 4 is 34.7 Å². The fourth-order valence-corrected chi connectivity index (χ4v) is 3.22. The van der Waals surface area contributed by atoms with E-state index in [2.05, 4.69) is 10.3 Å². The standard InChI is InChI=1S/C17H19N3O6S/c1-17(2)14(15(21)26-10-25-3)19-9-13(16(22)27-17)18-8-11-4-6-12(7-5-11)20(23)24/h4-9,14,19H,10H2,1-3H3/t14-/m1/s1. The molecule has 27 heavy (non-hydrogen) atoms. The Morgan fingerprint density at radius 2 is 2.07 bits per heavy atom. The van der Waals surface area contributed by atoms with E-state index in [1.54, 1.807) is 13.8 Å². The molecular weight excluding hydrogens is 374 g/mol. The van der Waals surface area contributed by atoms with Gasteiger partial charge in [-0.2, -0.15) is 0 Å². The Hall–Kier alpha value is -2.72. The van der Waals surface area contributed by atoms with Crippen LogP contribution in [0, 0.1) is 10.1 Å². The number of carbonyl (C=O) groups is 2. The summed E-state index contributed by atoms with van der Waals surface area (Å²) in [4.78, 5) is 39.0. The first-order valence-electron chi connectivity index (χ1n) is 7.88. The minimum atomic E-state index is -0.775. The molecule has 144 valence electrons. The van der Waals surface area contributed by atoms with Gasteiger partial charge >= 0.3 is 5.97 Å². The van der Waals surface area contributed by atoms with E-state index in [-0.39, 0.29) is 23.3 Å². The van der Waals surface area contributed by atoms with Crippen LogP contribution >= 0.6 is 11.8 Å². The van der Waals surface area contributed by atoms with E-state index >= 15 is 0 Å². The molecule has 1 heterocycles. The Morgan fingerprint density at radius 1 is 1.41 bits per heavy atom. The molecule has 0 saturated heterocycles. The van der Waals surface area contributed by atoms with Gasteiger partial charge in [-0.05, 0) is 31.5 Å². The van der Waals surface area contributed by atoms with Gasteiger partial charge in [0.1, 0.15) is 11.7 Å². The van der Waals surface area contributed by atoms with Gasteiger partial charge < -0.3 is 14.8 Å². The number of esters is 1. The summed E-state index contributed by atoms with van der Waals surface area (Å²) in [5.41, 5.74) is 0.681. The van der Waals surface area contributed by atoms with E-state index in [1.807, 2.05) is 0 Å². The van der Waals surface area contributed by atoms with Gasteiger partial charge in [-0.3, -0.25) is 19.9 Å². The number of nitrogens with one attached hydrogen (secondary N) is 1. The van der Waals surface area contributed by atoms with Gasteiger partial charge in [0.25, 0.3) is 5.69 Å². The average Bonchev–Trinajstić information content (AvgIpc) is 2.73. The molecule has 10 heteroatoms. The molecule has 1 atom stereocenters. The summed E-state index contributed by atoms with van der Waals surface area (Å²) >= 11 is 0.969. The van der Waals surface area contributed by atoms with Gasteiger partial charge in [0, 0.05) is 36.4 Å². The minimum absolute atomic E-state index is 0.0340. The first-order chi connectivity index (χ1) is 12.7. The monoisotopic (exact) mass is 393 g/mol. The van der Waals surface area contributed by atoms with Gasteiger partial charge in [0.15, 0.2) is 6.79 Å². The van der Waals surface area contributed by atoms with Crippen molar-refractivity contribution in [1.29, 1.82) is 0 Å². The number of aliphatic imine (C=N–C) groups is 1. The van der Waals surface area contributed by atoms with Crippen LogP contribution in [0.1, 0.15) is 19.4 Å². The summed E-state index contributed by atoms with van der Waals surface area (Å²) in [7, 11) is 1.40. The number of thioether (sulfide) groups is 1. The van der Waals surface area contributed by atoms with Gasteiger partial charge in [-0.25, -0.2) is 4.79 Å². The molecular formula is C17H19N3O6S. The maximum Gasteiger partial charge on any atom is 0.332 e. The van der Waals surface area contributed by atoms with Crippen LogP contribution in [0.5, 0.6) is 0 Å². The topological polar surface area (TPSA) is 120 Å². The second kappa shape index (κ2) is 8.78. The van der Waals surface area contributed by atoms with Crippen molar-refractivity contribution in [2.75, 3.05) is 13.9 Å². The molecule has 9 nitrogen and oxygen atoms in total. The Bertz CT molecular complexity index is 788. The summed E-state index contributed by atoms with van der Waals surface area (Å²) in [6.45, 7) is 3.32. The van der Waals surface area contributed by atoms with Crippen molar-refractivity contribution in [2.45, 2.75) is 24.6 Å². The number of ether oxygens (including phenoxy) is 2. The Labute approximate surface area is 160 Å². The van der Waals surface area contributed by atoms with E-state index in [9.17, 15) is 19.7 Å². The third-order valence-corrected chi connectivity index (χ3v) is 4.81. The lowest BCUT2D eigenvalue weighted by Crippen LogP contribution is -2.48. The van der Waals surface area contributed by atoms with Crippen molar-refractivity contribution in [3.05, 3.63) is 51.8 Å². The second-order valence-electron chi connectivity index (χ2n) is 6.10. The predicted octanol–water partition coefficient (Wildman–Crippen LogP) is 2.01. The number of rotatable bonds is 6. The van der Waals surface area contributed by atoms with Crippen LogP contribution in [0.25, 0.3) is 0 Å². The van der Waals surface area contributed by atoms with Crippen molar-refractivity contribution in [2.24, 2.45) is 4.99 Å². The minimum Gasteiger partial charge on any atom is -0.437 e. The highest BCUT2D eigenvalue weighted by atomic mass is 32.2. The van der Waals surface area contributed by atoms with Crippen LogP contribution in [-0.2, 0) is 19.1 Å². The molecule has 0 fully saturated rings. The van der Waals surface area contributed by atoms with Gasteiger partial charge in [0.05, 0.1) is 4.92 Å². The van der Waals surface area contributed by atoms with Crippen LogP contribution < -0.4 is 5.32 Å². The van der Waals surface area contributed by atoms with E-state index < -0.39 is 21.7 Å². The van der Waals surface area contributed by atoms with Crippen molar-refractivity contribution < 1.29 is 24.0 Å². The largest absolute Gasteiger partial charge is 0.437 e. The number of nitro benzene ring substituents is 1. The lowest BCUT2D eigenvalue weighted by Gasteiger charge is -2.29. The van der Waals surface area contributed by atoms with Gasteiger partial charge in [-0.15, -0.1) is 0 Å². The van der Waals surface area contributed by atoms with E-state index in [0.29, 0.717) is 5.56 Å². The fourth-order valence-electron chi connectivity index (χ4n) is 2.24. The second-order valence-corrected chi connectivity index (χ2v) is 7.73. The molecule has 0 radical (unpaired) electrons. The summed E-state index contributed by atoms with van der Waals surface area (Å²) < 4.78 is 8.94. The first-order valence-corrected chi connectivity index (χ1v) is 8.70. The number of nitrogens with zero attached hydrogens (tertiary/aromatic N) is 2. The maximum atomic E-state index is 12.5. The molecule has 0 aliphatic carbocycles. The van der Waals surface area contributed by atoms with E-state index in [4.69, 9.17) is 9.47 Å². The number of benzene rings is 1. The lowest BCUT2D eigenvalue weighted by molar-refractivity contribution is -0.384. The number of hydrogen-bond donors (Lipinski definition) is 1. The zero-order valence-corrected chi connectivity index (χ0v) is 15.8. The van der Waals surface area contributed by atoms with E-state index in [1.165, 1.54) is 43.8 Å². The Morgan fingerprint density at radius 3 is 2.67 bits per heavy atom. The van der Waals surface area contributed by atoms with Crippen LogP contribution in [0.15, 0.2) is 41.2 Å². The molecule has 0 aromatic heterocycles. The molecule has 0 saturated carbocycles. The zero-order chi connectivity index (χ0) is 20.0. The smallest absolute Gasteiger partial charge is 0.332 e. The molecule has 0 unspecified atom stereocenters. The Kier molecular flexibility index (Phi) is 6.70. The summed E-state index contributed by atoms with van der Waals surface area (Å²) in [6.07, 6.45) is 2.79. The average molecular weight is 393 g/mol. The molecule has 1 N–H and O–H groups in total. The highest BCUT2D eigenvalue weighted by Gasteiger charge is 2.41. The van der Waals surface area contributed by atoms with Crippen molar-refractivity contribution in [3.8, 4) is 0 Å². The molecule has 0 bridgehead atoms. The zero-order valence-electron chi connectivity index (χ0n) is 15.0. The highest BCUT2D eigenvalue weighted by Crippen LogP contribution is 2.34.